The summed E-state index contributed by atoms with van der Waals surface area (Å²) < 4.78 is 11.4. The van der Waals surface area contributed by atoms with Gasteiger partial charge in [0, 0.05) is 21.6 Å². The number of hydrogen-bond donors (Lipinski definition) is 0. The van der Waals surface area contributed by atoms with Crippen LogP contribution in [0.2, 0.25) is 0 Å². The number of ether oxygens (including phenoxy) is 2. The normalized spacial score (nSPS) is 11.7. The van der Waals surface area contributed by atoms with Crippen molar-refractivity contribution in [1.82, 2.24) is 0 Å². The van der Waals surface area contributed by atoms with Gasteiger partial charge < -0.3 is 9.47 Å². The molecule has 0 amide bonds. The van der Waals surface area contributed by atoms with E-state index in [1.165, 1.54) is 10.4 Å². The Morgan fingerprint density at radius 3 is 2.65 bits per heavy atom. The van der Waals surface area contributed by atoms with Crippen LogP contribution in [-0.4, -0.2) is 7.11 Å². The summed E-state index contributed by atoms with van der Waals surface area (Å²) in [4.78, 5) is 1.23. The number of para-hydroxylation sites is 1. The molecule has 0 atom stereocenters. The van der Waals surface area contributed by atoms with Gasteiger partial charge in [0.05, 0.1) is 7.11 Å². The molecule has 1 aliphatic heterocycles. The highest BCUT2D eigenvalue weighted by atomic mass is 32.1. The minimum Gasteiger partial charge on any atom is -0.497 e. The molecule has 4 rings (SSSR count). The van der Waals surface area contributed by atoms with Crippen LogP contribution in [0.15, 0.2) is 53.9 Å². The van der Waals surface area contributed by atoms with Crippen molar-refractivity contribution in [3.8, 4) is 38.8 Å². The van der Waals surface area contributed by atoms with E-state index in [-0.39, 0.29) is 0 Å². The van der Waals surface area contributed by atoms with Gasteiger partial charge in [-0.3, -0.25) is 0 Å². The van der Waals surface area contributed by atoms with Crippen LogP contribution in [0.1, 0.15) is 0 Å². The molecule has 98 valence electrons. The molecule has 3 aromatic rings. The summed E-state index contributed by atoms with van der Waals surface area (Å²) in [7, 11) is 1.68. The third-order valence-electron chi connectivity index (χ3n) is 3.49. The summed E-state index contributed by atoms with van der Waals surface area (Å²) in [5.41, 5.74) is 3.45. The van der Waals surface area contributed by atoms with Gasteiger partial charge in [0.2, 0.25) is 0 Å². The van der Waals surface area contributed by atoms with Crippen molar-refractivity contribution in [2.24, 2.45) is 0 Å². The maximum atomic E-state index is 6.09. The Kier molecular flexibility index (Phi) is 2.54. The molecule has 0 radical (unpaired) electrons. The molecule has 0 saturated heterocycles. The first-order chi connectivity index (χ1) is 9.86. The van der Waals surface area contributed by atoms with Crippen molar-refractivity contribution in [1.29, 1.82) is 0 Å². The smallest absolute Gasteiger partial charge is 0.136 e. The van der Waals surface area contributed by atoms with Gasteiger partial charge in [0.15, 0.2) is 0 Å². The molecule has 0 saturated carbocycles. The molecule has 3 heteroatoms. The van der Waals surface area contributed by atoms with Crippen molar-refractivity contribution in [3.63, 3.8) is 0 Å². The van der Waals surface area contributed by atoms with Crippen molar-refractivity contribution in [3.05, 3.63) is 53.9 Å². The van der Waals surface area contributed by atoms with Crippen molar-refractivity contribution in [2.45, 2.75) is 0 Å². The van der Waals surface area contributed by atoms with Crippen LogP contribution in [0.3, 0.4) is 0 Å². The van der Waals surface area contributed by atoms with Gasteiger partial charge in [-0.15, -0.1) is 11.3 Å². The van der Waals surface area contributed by atoms with Crippen LogP contribution in [0.4, 0.5) is 0 Å². The Hall–Kier alpha value is -2.26. The Morgan fingerprint density at radius 1 is 0.900 bits per heavy atom. The number of benzene rings is 2. The molecule has 0 fully saturated rings. The van der Waals surface area contributed by atoms with Crippen LogP contribution < -0.4 is 9.47 Å². The zero-order chi connectivity index (χ0) is 13.5. The van der Waals surface area contributed by atoms with Crippen LogP contribution in [-0.2, 0) is 0 Å². The van der Waals surface area contributed by atoms with Gasteiger partial charge in [0.25, 0.3) is 0 Å². The SMILES string of the molecule is COc1ccc2c(c1)-c1sccc1-c1ccccc1O2. The highest BCUT2D eigenvalue weighted by molar-refractivity contribution is 7.14. The number of hydrogen-bond acceptors (Lipinski definition) is 3. The fraction of sp³-hybridized carbons (Fsp3) is 0.0588. The molecule has 2 heterocycles. The van der Waals surface area contributed by atoms with E-state index < -0.39 is 0 Å². The summed E-state index contributed by atoms with van der Waals surface area (Å²) in [5, 5.41) is 2.12. The molecule has 0 spiro atoms. The van der Waals surface area contributed by atoms with Crippen LogP contribution in [0.5, 0.6) is 17.2 Å². The zero-order valence-electron chi connectivity index (χ0n) is 10.9. The molecule has 0 N–H and O–H groups in total. The third-order valence-corrected chi connectivity index (χ3v) is 4.44. The van der Waals surface area contributed by atoms with Crippen molar-refractivity contribution < 1.29 is 9.47 Å². The molecular weight excluding hydrogens is 268 g/mol. The van der Waals surface area contributed by atoms with Crippen molar-refractivity contribution in [2.75, 3.05) is 7.11 Å². The summed E-state index contributed by atoms with van der Waals surface area (Å²) in [6, 6.07) is 16.2. The van der Waals surface area contributed by atoms with Gasteiger partial charge in [-0.25, -0.2) is 0 Å². The average molecular weight is 280 g/mol. The van der Waals surface area contributed by atoms with E-state index in [1.54, 1.807) is 18.4 Å². The van der Waals surface area contributed by atoms with E-state index in [9.17, 15) is 0 Å². The maximum Gasteiger partial charge on any atom is 0.136 e. The molecule has 20 heavy (non-hydrogen) atoms. The fourth-order valence-electron chi connectivity index (χ4n) is 2.53. The maximum absolute atomic E-state index is 6.09. The van der Waals surface area contributed by atoms with E-state index in [0.29, 0.717) is 0 Å². The zero-order valence-corrected chi connectivity index (χ0v) is 11.7. The largest absolute Gasteiger partial charge is 0.497 e. The second kappa shape index (κ2) is 4.39. The van der Waals surface area contributed by atoms with Gasteiger partial charge in [-0.1, -0.05) is 18.2 Å². The Morgan fingerprint density at radius 2 is 1.75 bits per heavy atom. The van der Waals surface area contributed by atoms with Crippen LogP contribution >= 0.6 is 11.3 Å². The Labute approximate surface area is 121 Å². The van der Waals surface area contributed by atoms with Crippen LogP contribution in [0, 0.1) is 0 Å². The molecule has 0 bridgehead atoms. The Bertz CT molecular complexity index is 789. The van der Waals surface area contributed by atoms with E-state index in [2.05, 4.69) is 17.5 Å². The highest BCUT2D eigenvalue weighted by Crippen LogP contribution is 2.49. The second-order valence-corrected chi connectivity index (χ2v) is 5.54. The quantitative estimate of drug-likeness (QED) is 0.477. The fourth-order valence-corrected chi connectivity index (χ4v) is 3.46. The first kappa shape index (κ1) is 11.6. The van der Waals surface area contributed by atoms with Gasteiger partial charge in [0.1, 0.15) is 17.2 Å². The summed E-state index contributed by atoms with van der Waals surface area (Å²) in [6.45, 7) is 0. The second-order valence-electron chi connectivity index (χ2n) is 4.62. The van der Waals surface area contributed by atoms with E-state index in [1.807, 2.05) is 36.4 Å². The number of rotatable bonds is 1. The van der Waals surface area contributed by atoms with Gasteiger partial charge >= 0.3 is 0 Å². The Balaban J connectivity index is 2.05. The topological polar surface area (TPSA) is 18.5 Å². The lowest BCUT2D eigenvalue weighted by Gasteiger charge is -2.09. The lowest BCUT2D eigenvalue weighted by atomic mass is 10.0. The van der Waals surface area contributed by atoms with Crippen LogP contribution in [0.25, 0.3) is 21.6 Å². The first-order valence-corrected chi connectivity index (χ1v) is 7.28. The molecule has 1 aromatic heterocycles. The van der Waals surface area contributed by atoms with E-state index in [0.717, 1.165) is 28.4 Å². The van der Waals surface area contributed by atoms with Gasteiger partial charge in [-0.2, -0.15) is 0 Å². The summed E-state index contributed by atoms with van der Waals surface area (Å²) >= 11 is 1.73. The number of fused-ring (bicyclic) bond motifs is 5. The lowest BCUT2D eigenvalue weighted by Crippen LogP contribution is -1.88. The predicted octanol–water partition coefficient (Wildman–Crippen LogP) is 5.20. The number of methoxy groups -OCH3 is 1. The highest BCUT2D eigenvalue weighted by Gasteiger charge is 2.21. The molecule has 0 unspecified atom stereocenters. The summed E-state index contributed by atoms with van der Waals surface area (Å²) in [5.74, 6) is 2.62. The van der Waals surface area contributed by atoms with E-state index >= 15 is 0 Å². The molecule has 0 aliphatic carbocycles. The average Bonchev–Trinajstić information content (AvgIpc) is 2.93. The molecule has 2 nitrogen and oxygen atoms in total. The monoisotopic (exact) mass is 280 g/mol. The minimum atomic E-state index is 0.845. The number of thiophene rings is 1. The molecular formula is C17H12O2S. The standard InChI is InChI=1S/C17H12O2S/c1-18-11-6-7-16-14(10-11)17-13(8-9-20-17)12-4-2-3-5-15(12)19-16/h2-10H,1H3. The molecule has 2 aromatic carbocycles. The predicted molar refractivity (Wildman–Crippen MR) is 81.8 cm³/mol. The van der Waals surface area contributed by atoms with Crippen molar-refractivity contribution >= 4 is 11.3 Å². The molecule has 1 aliphatic rings. The lowest BCUT2D eigenvalue weighted by molar-refractivity contribution is 0.413. The third kappa shape index (κ3) is 1.63. The van der Waals surface area contributed by atoms with E-state index in [4.69, 9.17) is 9.47 Å². The van der Waals surface area contributed by atoms with Gasteiger partial charge in [-0.05, 0) is 35.7 Å². The summed E-state index contributed by atoms with van der Waals surface area (Å²) in [6.07, 6.45) is 0. The minimum absolute atomic E-state index is 0.845. The first-order valence-electron chi connectivity index (χ1n) is 6.40.